The van der Waals surface area contributed by atoms with Crippen LogP contribution in [-0.4, -0.2) is 16.1 Å². The van der Waals surface area contributed by atoms with Gasteiger partial charge in [0, 0.05) is 18.9 Å². The minimum Gasteiger partial charge on any atom is -0.333 e. The lowest BCUT2D eigenvalue weighted by Gasteiger charge is -2.20. The van der Waals surface area contributed by atoms with Crippen LogP contribution in [0.15, 0.2) is 36.7 Å². The highest BCUT2D eigenvalue weighted by Gasteiger charge is 2.18. The molecule has 0 saturated heterocycles. The summed E-state index contributed by atoms with van der Waals surface area (Å²) >= 11 is 0. The molecular formula is C18H27N3. The SMILES string of the molecule is CCCNC(c1ccc(CC)cc1)c1nccn1CCC. The molecule has 1 N–H and O–H groups in total. The van der Waals surface area contributed by atoms with Crippen LogP contribution in [0.3, 0.4) is 0 Å². The molecule has 0 fully saturated rings. The van der Waals surface area contributed by atoms with Crippen LogP contribution in [0.25, 0.3) is 0 Å². The molecule has 3 nitrogen and oxygen atoms in total. The number of nitrogens with zero attached hydrogens (tertiary/aromatic N) is 2. The summed E-state index contributed by atoms with van der Waals surface area (Å²) in [4.78, 5) is 4.61. The minimum absolute atomic E-state index is 0.178. The molecule has 0 aliphatic rings. The predicted molar refractivity (Wildman–Crippen MR) is 88.5 cm³/mol. The molecule has 0 aliphatic heterocycles. The maximum Gasteiger partial charge on any atom is 0.130 e. The molecule has 0 radical (unpaired) electrons. The summed E-state index contributed by atoms with van der Waals surface area (Å²) in [6.07, 6.45) is 7.32. The van der Waals surface area contributed by atoms with Gasteiger partial charge in [-0.25, -0.2) is 4.98 Å². The second-order valence-electron chi connectivity index (χ2n) is 5.46. The zero-order chi connectivity index (χ0) is 15.1. The molecule has 1 aromatic carbocycles. The molecule has 114 valence electrons. The Bertz CT molecular complexity index is 528. The highest BCUT2D eigenvalue weighted by molar-refractivity contribution is 5.29. The van der Waals surface area contributed by atoms with Gasteiger partial charge in [-0.2, -0.15) is 0 Å². The van der Waals surface area contributed by atoms with Gasteiger partial charge in [0.15, 0.2) is 0 Å². The van der Waals surface area contributed by atoms with Gasteiger partial charge in [-0.05, 0) is 36.9 Å². The Labute approximate surface area is 128 Å². The quantitative estimate of drug-likeness (QED) is 0.796. The molecule has 1 atom stereocenters. The third-order valence-corrected chi connectivity index (χ3v) is 3.79. The van der Waals surface area contributed by atoms with Gasteiger partial charge in [0.05, 0.1) is 6.04 Å². The fourth-order valence-electron chi connectivity index (χ4n) is 2.60. The Morgan fingerprint density at radius 1 is 1.10 bits per heavy atom. The van der Waals surface area contributed by atoms with Gasteiger partial charge in [0.2, 0.25) is 0 Å². The van der Waals surface area contributed by atoms with E-state index in [9.17, 15) is 0 Å². The molecule has 0 bridgehead atoms. The van der Waals surface area contributed by atoms with Crippen LogP contribution in [-0.2, 0) is 13.0 Å². The van der Waals surface area contributed by atoms with Crippen molar-refractivity contribution in [3.63, 3.8) is 0 Å². The van der Waals surface area contributed by atoms with Gasteiger partial charge in [-0.15, -0.1) is 0 Å². The highest BCUT2D eigenvalue weighted by Crippen LogP contribution is 2.22. The second-order valence-corrected chi connectivity index (χ2v) is 5.46. The van der Waals surface area contributed by atoms with E-state index in [1.54, 1.807) is 0 Å². The maximum absolute atomic E-state index is 4.61. The van der Waals surface area contributed by atoms with Crippen molar-refractivity contribution in [1.82, 2.24) is 14.9 Å². The van der Waals surface area contributed by atoms with Crippen molar-refractivity contribution in [1.29, 1.82) is 0 Å². The highest BCUT2D eigenvalue weighted by atomic mass is 15.1. The second kappa shape index (κ2) is 7.99. The monoisotopic (exact) mass is 285 g/mol. The van der Waals surface area contributed by atoms with Crippen molar-refractivity contribution >= 4 is 0 Å². The fourth-order valence-corrected chi connectivity index (χ4v) is 2.60. The van der Waals surface area contributed by atoms with E-state index in [0.29, 0.717) is 0 Å². The molecule has 0 spiro atoms. The molecular weight excluding hydrogens is 258 g/mol. The number of hydrogen-bond donors (Lipinski definition) is 1. The molecule has 2 rings (SSSR count). The summed E-state index contributed by atoms with van der Waals surface area (Å²) in [6.45, 7) is 8.61. The van der Waals surface area contributed by atoms with E-state index in [1.807, 2.05) is 6.20 Å². The van der Waals surface area contributed by atoms with E-state index in [4.69, 9.17) is 0 Å². The average molecular weight is 285 g/mol. The Morgan fingerprint density at radius 3 is 2.48 bits per heavy atom. The van der Waals surface area contributed by atoms with E-state index in [-0.39, 0.29) is 6.04 Å². The molecule has 1 unspecified atom stereocenters. The number of aryl methyl sites for hydroxylation is 2. The van der Waals surface area contributed by atoms with Gasteiger partial charge in [-0.3, -0.25) is 0 Å². The number of hydrogen-bond acceptors (Lipinski definition) is 2. The topological polar surface area (TPSA) is 29.9 Å². The van der Waals surface area contributed by atoms with Crippen LogP contribution >= 0.6 is 0 Å². The average Bonchev–Trinajstić information content (AvgIpc) is 2.97. The first kappa shape index (κ1) is 15.8. The number of benzene rings is 1. The Balaban J connectivity index is 2.29. The first-order chi connectivity index (χ1) is 10.3. The maximum atomic E-state index is 4.61. The summed E-state index contributed by atoms with van der Waals surface area (Å²) in [6, 6.07) is 9.10. The summed E-state index contributed by atoms with van der Waals surface area (Å²) in [5, 5.41) is 3.64. The lowest BCUT2D eigenvalue weighted by molar-refractivity contribution is 0.530. The van der Waals surface area contributed by atoms with Crippen LogP contribution < -0.4 is 5.32 Å². The lowest BCUT2D eigenvalue weighted by atomic mass is 10.0. The first-order valence-electron chi connectivity index (χ1n) is 8.13. The van der Waals surface area contributed by atoms with E-state index in [2.05, 4.69) is 66.1 Å². The third kappa shape index (κ3) is 3.94. The van der Waals surface area contributed by atoms with Crippen LogP contribution in [0.5, 0.6) is 0 Å². The molecule has 2 aromatic rings. The lowest BCUT2D eigenvalue weighted by Crippen LogP contribution is -2.26. The van der Waals surface area contributed by atoms with Crippen LogP contribution in [0.1, 0.15) is 56.6 Å². The molecule has 0 saturated carbocycles. The number of rotatable bonds is 8. The number of aromatic nitrogens is 2. The van der Waals surface area contributed by atoms with Crippen molar-refractivity contribution in [2.24, 2.45) is 0 Å². The molecule has 1 heterocycles. The molecule has 0 aliphatic carbocycles. The zero-order valence-electron chi connectivity index (χ0n) is 13.5. The fraction of sp³-hybridized carbons (Fsp3) is 0.500. The smallest absolute Gasteiger partial charge is 0.130 e. The predicted octanol–water partition coefficient (Wildman–Crippen LogP) is 3.94. The summed E-state index contributed by atoms with van der Waals surface area (Å²) in [5.41, 5.74) is 2.68. The van der Waals surface area contributed by atoms with Crippen LogP contribution in [0.4, 0.5) is 0 Å². The molecule has 3 heteroatoms. The van der Waals surface area contributed by atoms with Crippen LogP contribution in [0, 0.1) is 0 Å². The largest absolute Gasteiger partial charge is 0.333 e. The van der Waals surface area contributed by atoms with E-state index in [1.165, 1.54) is 11.1 Å². The van der Waals surface area contributed by atoms with Crippen molar-refractivity contribution in [2.75, 3.05) is 6.54 Å². The molecule has 21 heavy (non-hydrogen) atoms. The summed E-state index contributed by atoms with van der Waals surface area (Å²) in [5.74, 6) is 1.12. The van der Waals surface area contributed by atoms with Crippen molar-refractivity contribution < 1.29 is 0 Å². The Hall–Kier alpha value is -1.61. The van der Waals surface area contributed by atoms with Gasteiger partial charge in [-0.1, -0.05) is 45.0 Å². The van der Waals surface area contributed by atoms with Crippen molar-refractivity contribution in [2.45, 2.75) is 52.6 Å². The molecule has 0 amide bonds. The van der Waals surface area contributed by atoms with Gasteiger partial charge < -0.3 is 9.88 Å². The first-order valence-corrected chi connectivity index (χ1v) is 8.13. The Morgan fingerprint density at radius 2 is 1.86 bits per heavy atom. The van der Waals surface area contributed by atoms with Gasteiger partial charge >= 0.3 is 0 Å². The minimum atomic E-state index is 0.178. The van der Waals surface area contributed by atoms with Gasteiger partial charge in [0.25, 0.3) is 0 Å². The normalized spacial score (nSPS) is 12.5. The van der Waals surface area contributed by atoms with Crippen molar-refractivity contribution in [3.05, 3.63) is 53.6 Å². The Kier molecular flexibility index (Phi) is 6.00. The summed E-state index contributed by atoms with van der Waals surface area (Å²) < 4.78 is 2.26. The van der Waals surface area contributed by atoms with Crippen LogP contribution in [0.2, 0.25) is 0 Å². The van der Waals surface area contributed by atoms with E-state index in [0.717, 1.165) is 38.2 Å². The standard InChI is InChI=1S/C18H27N3/c1-4-11-19-17(16-9-7-15(6-3)8-10-16)18-20-12-14-21(18)13-5-2/h7-10,12,14,17,19H,4-6,11,13H2,1-3H3. The zero-order valence-corrected chi connectivity index (χ0v) is 13.5. The number of imidazole rings is 1. The van der Waals surface area contributed by atoms with Crippen molar-refractivity contribution in [3.8, 4) is 0 Å². The van der Waals surface area contributed by atoms with Gasteiger partial charge in [0.1, 0.15) is 5.82 Å². The van der Waals surface area contributed by atoms with E-state index < -0.39 is 0 Å². The van der Waals surface area contributed by atoms with E-state index >= 15 is 0 Å². The summed E-state index contributed by atoms with van der Waals surface area (Å²) in [7, 11) is 0. The molecule has 1 aromatic heterocycles. The third-order valence-electron chi connectivity index (χ3n) is 3.79. The number of nitrogens with one attached hydrogen (secondary N) is 1.